The third kappa shape index (κ3) is 4.55. The molecule has 0 aliphatic carbocycles. The van der Waals surface area contributed by atoms with E-state index in [9.17, 15) is 13.2 Å². The summed E-state index contributed by atoms with van der Waals surface area (Å²) in [4.78, 5) is 13.0. The topological polar surface area (TPSA) is 87.3 Å². The Hall–Kier alpha value is -2.74. The van der Waals surface area contributed by atoms with E-state index in [1.165, 1.54) is 0 Å². The van der Waals surface area contributed by atoms with Crippen molar-refractivity contribution in [1.29, 1.82) is 0 Å². The minimum absolute atomic E-state index is 0.159. The largest absolute Gasteiger partial charge is 0.321 e. The molecule has 1 heterocycles. The summed E-state index contributed by atoms with van der Waals surface area (Å²) in [6.07, 6.45) is 0.731. The van der Waals surface area contributed by atoms with E-state index < -0.39 is 10.0 Å². The van der Waals surface area contributed by atoms with Crippen molar-refractivity contribution in [2.24, 2.45) is 5.41 Å². The van der Waals surface area contributed by atoms with Gasteiger partial charge in [0.05, 0.1) is 4.90 Å². The van der Waals surface area contributed by atoms with Crippen LogP contribution in [0.3, 0.4) is 0 Å². The van der Waals surface area contributed by atoms with Gasteiger partial charge in [0.25, 0.3) is 5.91 Å². The predicted molar refractivity (Wildman–Crippen MR) is 128 cm³/mol. The molecule has 168 valence electrons. The molecule has 1 aliphatic rings. The molecule has 1 amide bonds. The van der Waals surface area contributed by atoms with Gasteiger partial charge in [-0.2, -0.15) is 0 Å². The number of benzene rings is 3. The molecular weight excluding hydrogens is 422 g/mol. The minimum atomic E-state index is -3.75. The molecule has 0 bridgehead atoms. The van der Waals surface area contributed by atoms with Crippen LogP contribution in [0.4, 0.5) is 5.69 Å². The van der Waals surface area contributed by atoms with Crippen molar-refractivity contribution in [3.05, 3.63) is 71.8 Å². The SMILES string of the molecule is Cc1cccc(C(=O)Nc2ccc(S(=O)(=O)NC3CCNCC3(C)C)c3ccccc23)c1. The van der Waals surface area contributed by atoms with Crippen molar-refractivity contribution in [3.63, 3.8) is 0 Å². The van der Waals surface area contributed by atoms with E-state index in [0.717, 1.165) is 25.1 Å². The Morgan fingerprint density at radius 3 is 2.50 bits per heavy atom. The molecule has 1 aliphatic heterocycles. The van der Waals surface area contributed by atoms with Crippen LogP contribution in [-0.2, 0) is 10.0 Å². The Balaban J connectivity index is 1.68. The first-order valence-electron chi connectivity index (χ1n) is 10.8. The highest BCUT2D eigenvalue weighted by atomic mass is 32.2. The monoisotopic (exact) mass is 451 g/mol. The number of amides is 1. The first kappa shape index (κ1) is 22.5. The van der Waals surface area contributed by atoms with Gasteiger partial charge >= 0.3 is 0 Å². The Kier molecular flexibility index (Phi) is 6.07. The first-order chi connectivity index (χ1) is 15.2. The summed E-state index contributed by atoms with van der Waals surface area (Å²) >= 11 is 0. The van der Waals surface area contributed by atoms with Crippen LogP contribution in [0.2, 0.25) is 0 Å². The van der Waals surface area contributed by atoms with Gasteiger partial charge in [0.1, 0.15) is 0 Å². The maximum absolute atomic E-state index is 13.4. The highest BCUT2D eigenvalue weighted by molar-refractivity contribution is 7.89. The number of sulfonamides is 1. The third-order valence-corrected chi connectivity index (χ3v) is 7.66. The standard InChI is InChI=1S/C25H29N3O3S/c1-17-7-6-8-18(15-17)24(29)27-21-11-12-22(20-10-5-4-9-19(20)21)32(30,31)28-23-13-14-26-16-25(23,2)3/h4-12,15,23,26,28H,13-14,16H2,1-3H3,(H,27,29). The van der Waals surface area contributed by atoms with Gasteiger partial charge in [0, 0.05) is 34.6 Å². The lowest BCUT2D eigenvalue weighted by Gasteiger charge is -2.39. The number of carbonyl (C=O) groups excluding carboxylic acids is 1. The number of hydrogen-bond acceptors (Lipinski definition) is 4. The smallest absolute Gasteiger partial charge is 0.255 e. The summed E-state index contributed by atoms with van der Waals surface area (Å²) in [7, 11) is -3.75. The Labute approximate surface area is 189 Å². The van der Waals surface area contributed by atoms with Gasteiger partial charge < -0.3 is 10.6 Å². The van der Waals surface area contributed by atoms with Crippen LogP contribution in [-0.4, -0.2) is 33.5 Å². The van der Waals surface area contributed by atoms with Crippen molar-refractivity contribution in [2.45, 2.75) is 38.1 Å². The number of piperidine rings is 1. The molecule has 0 radical (unpaired) electrons. The van der Waals surface area contributed by atoms with Gasteiger partial charge in [-0.15, -0.1) is 0 Å². The molecule has 3 aromatic rings. The van der Waals surface area contributed by atoms with Crippen LogP contribution in [0.15, 0.2) is 65.6 Å². The van der Waals surface area contributed by atoms with E-state index in [2.05, 4.69) is 29.2 Å². The van der Waals surface area contributed by atoms with Gasteiger partial charge in [-0.1, -0.05) is 55.8 Å². The fraction of sp³-hybridized carbons (Fsp3) is 0.320. The lowest BCUT2D eigenvalue weighted by Crippen LogP contribution is -2.54. The minimum Gasteiger partial charge on any atom is -0.321 e. The van der Waals surface area contributed by atoms with E-state index in [-0.39, 0.29) is 22.3 Å². The number of hydrogen-bond donors (Lipinski definition) is 3. The van der Waals surface area contributed by atoms with Crippen molar-refractivity contribution >= 4 is 32.4 Å². The number of nitrogens with one attached hydrogen (secondary N) is 3. The second-order valence-corrected chi connectivity index (χ2v) is 10.8. The van der Waals surface area contributed by atoms with Crippen molar-refractivity contribution < 1.29 is 13.2 Å². The summed E-state index contributed by atoms with van der Waals surface area (Å²) in [5.74, 6) is -0.232. The first-order valence-corrected chi connectivity index (χ1v) is 12.3. The van der Waals surface area contributed by atoms with Crippen molar-refractivity contribution in [3.8, 4) is 0 Å². The van der Waals surface area contributed by atoms with Crippen LogP contribution in [0.25, 0.3) is 10.8 Å². The summed E-state index contributed by atoms with van der Waals surface area (Å²) in [5.41, 5.74) is 1.94. The third-order valence-electron chi connectivity index (χ3n) is 6.13. The van der Waals surface area contributed by atoms with Gasteiger partial charge in [-0.3, -0.25) is 4.79 Å². The maximum Gasteiger partial charge on any atom is 0.255 e. The van der Waals surface area contributed by atoms with Gasteiger partial charge in [-0.05, 0) is 49.6 Å². The molecule has 32 heavy (non-hydrogen) atoms. The second-order valence-electron chi connectivity index (χ2n) is 9.11. The lowest BCUT2D eigenvalue weighted by molar-refractivity contribution is 0.102. The highest BCUT2D eigenvalue weighted by Gasteiger charge is 2.35. The fourth-order valence-corrected chi connectivity index (χ4v) is 5.89. The molecule has 1 atom stereocenters. The van der Waals surface area contributed by atoms with Gasteiger partial charge in [0.15, 0.2) is 0 Å². The Morgan fingerprint density at radius 2 is 1.78 bits per heavy atom. The van der Waals surface area contributed by atoms with Gasteiger partial charge in [-0.25, -0.2) is 13.1 Å². The van der Waals surface area contributed by atoms with Crippen molar-refractivity contribution in [1.82, 2.24) is 10.0 Å². The molecule has 0 aromatic heterocycles. The lowest BCUT2D eigenvalue weighted by atomic mass is 9.81. The van der Waals surface area contributed by atoms with E-state index in [0.29, 0.717) is 22.0 Å². The normalized spacial score (nSPS) is 18.4. The Bertz CT molecular complexity index is 1270. The predicted octanol–water partition coefficient (Wildman–Crippen LogP) is 4.07. The number of aryl methyl sites for hydroxylation is 1. The molecule has 1 unspecified atom stereocenters. The van der Waals surface area contributed by atoms with Crippen LogP contribution in [0.1, 0.15) is 36.2 Å². The average molecular weight is 452 g/mol. The molecule has 3 N–H and O–H groups in total. The molecule has 3 aromatic carbocycles. The second kappa shape index (κ2) is 8.65. The summed E-state index contributed by atoms with van der Waals surface area (Å²) in [5, 5.41) is 7.53. The van der Waals surface area contributed by atoms with Gasteiger partial charge in [0.2, 0.25) is 10.0 Å². The summed E-state index contributed by atoms with van der Waals surface area (Å²) in [6, 6.07) is 17.7. The zero-order chi connectivity index (χ0) is 22.9. The van der Waals surface area contributed by atoms with E-state index >= 15 is 0 Å². The zero-order valence-corrected chi connectivity index (χ0v) is 19.4. The number of fused-ring (bicyclic) bond motifs is 1. The number of rotatable bonds is 5. The summed E-state index contributed by atoms with van der Waals surface area (Å²) < 4.78 is 29.7. The molecule has 0 saturated carbocycles. The fourth-order valence-electron chi connectivity index (χ4n) is 4.24. The Morgan fingerprint density at radius 1 is 1.03 bits per heavy atom. The highest BCUT2D eigenvalue weighted by Crippen LogP contribution is 2.32. The molecule has 1 fully saturated rings. The molecular formula is C25H29N3O3S. The van der Waals surface area contributed by atoms with E-state index in [1.54, 1.807) is 24.3 Å². The number of anilines is 1. The molecule has 0 spiro atoms. The summed E-state index contributed by atoms with van der Waals surface area (Å²) in [6.45, 7) is 7.59. The van der Waals surface area contributed by atoms with Crippen LogP contribution in [0.5, 0.6) is 0 Å². The number of carbonyl (C=O) groups is 1. The molecule has 4 rings (SSSR count). The molecule has 1 saturated heterocycles. The van der Waals surface area contributed by atoms with Crippen LogP contribution < -0.4 is 15.4 Å². The van der Waals surface area contributed by atoms with Crippen molar-refractivity contribution in [2.75, 3.05) is 18.4 Å². The van der Waals surface area contributed by atoms with E-state index in [4.69, 9.17) is 0 Å². The zero-order valence-electron chi connectivity index (χ0n) is 18.6. The maximum atomic E-state index is 13.4. The van der Waals surface area contributed by atoms with Crippen LogP contribution >= 0.6 is 0 Å². The molecule has 7 heteroatoms. The average Bonchev–Trinajstić information content (AvgIpc) is 2.75. The van der Waals surface area contributed by atoms with E-state index in [1.807, 2.05) is 43.3 Å². The van der Waals surface area contributed by atoms with Crippen LogP contribution in [0, 0.1) is 12.3 Å². The quantitative estimate of drug-likeness (QED) is 0.546. The molecule has 6 nitrogen and oxygen atoms in total.